The van der Waals surface area contributed by atoms with E-state index < -0.39 is 0 Å². The van der Waals surface area contributed by atoms with Gasteiger partial charge in [0.2, 0.25) is 0 Å². The Balaban J connectivity index is 1.99. The molecule has 1 aliphatic rings. The average molecular weight is 286 g/mol. The quantitative estimate of drug-likeness (QED) is 0.874. The summed E-state index contributed by atoms with van der Waals surface area (Å²) in [5.74, 6) is 1.55. The van der Waals surface area contributed by atoms with Crippen LogP contribution in [-0.4, -0.2) is 18.8 Å². The summed E-state index contributed by atoms with van der Waals surface area (Å²) in [6, 6.07) is 3.78. The fourth-order valence-corrected chi connectivity index (χ4v) is 2.12. The van der Waals surface area contributed by atoms with Crippen molar-refractivity contribution in [2.45, 2.75) is 19.4 Å². The van der Waals surface area contributed by atoms with Crippen LogP contribution >= 0.6 is 15.9 Å². The minimum atomic E-state index is 0.161. The van der Waals surface area contributed by atoms with E-state index in [-0.39, 0.29) is 5.75 Å². The largest absolute Gasteiger partial charge is 0.503 e. The first-order chi connectivity index (χ1) is 7.70. The molecule has 0 heterocycles. The van der Waals surface area contributed by atoms with Gasteiger partial charge in [0.05, 0.1) is 11.6 Å². The highest BCUT2D eigenvalue weighted by atomic mass is 79.9. The fourth-order valence-electron chi connectivity index (χ4n) is 1.63. The van der Waals surface area contributed by atoms with Gasteiger partial charge in [-0.15, -0.1) is 0 Å². The molecule has 4 heteroatoms. The Bertz CT molecular complexity index is 378. The zero-order valence-corrected chi connectivity index (χ0v) is 10.9. The number of halogens is 1. The number of benzene rings is 1. The molecule has 1 fully saturated rings. The van der Waals surface area contributed by atoms with Crippen LogP contribution in [0, 0.1) is 5.92 Å². The van der Waals surface area contributed by atoms with Gasteiger partial charge >= 0.3 is 0 Å². The molecule has 0 bridgehead atoms. The molecule has 0 unspecified atom stereocenters. The molecule has 16 heavy (non-hydrogen) atoms. The maximum absolute atomic E-state index is 9.65. The highest BCUT2D eigenvalue weighted by Crippen LogP contribution is 2.35. The predicted octanol–water partition coefficient (Wildman–Crippen LogP) is 2.66. The normalized spacial score (nSPS) is 15.1. The molecule has 0 radical (unpaired) electrons. The lowest BCUT2D eigenvalue weighted by atomic mass is 10.2. The van der Waals surface area contributed by atoms with Gasteiger partial charge in [0.15, 0.2) is 11.5 Å². The minimum Gasteiger partial charge on any atom is -0.503 e. The zero-order valence-electron chi connectivity index (χ0n) is 9.29. The molecule has 2 N–H and O–H groups in total. The molecular formula is C12H16BrNO2. The first-order valence-electron chi connectivity index (χ1n) is 5.47. The summed E-state index contributed by atoms with van der Waals surface area (Å²) in [6.07, 6.45) is 2.71. The highest BCUT2D eigenvalue weighted by Gasteiger charge is 2.20. The summed E-state index contributed by atoms with van der Waals surface area (Å²) in [5.41, 5.74) is 1.11. The third kappa shape index (κ3) is 2.89. The second-order valence-electron chi connectivity index (χ2n) is 4.20. The number of hydrogen-bond acceptors (Lipinski definition) is 3. The molecule has 0 aliphatic heterocycles. The summed E-state index contributed by atoms with van der Waals surface area (Å²) < 4.78 is 5.77. The Morgan fingerprint density at radius 1 is 1.50 bits per heavy atom. The second kappa shape index (κ2) is 5.06. The van der Waals surface area contributed by atoms with E-state index in [1.165, 1.54) is 12.8 Å². The summed E-state index contributed by atoms with van der Waals surface area (Å²) in [5, 5.41) is 13.1. The van der Waals surface area contributed by atoms with Gasteiger partial charge in [-0.3, -0.25) is 0 Å². The van der Waals surface area contributed by atoms with Crippen molar-refractivity contribution in [3.8, 4) is 11.5 Å². The molecular weight excluding hydrogens is 270 g/mol. The number of methoxy groups -OCH3 is 1. The molecule has 2 rings (SSSR count). The van der Waals surface area contributed by atoms with Crippen LogP contribution in [0.1, 0.15) is 18.4 Å². The highest BCUT2D eigenvalue weighted by molar-refractivity contribution is 9.10. The smallest absolute Gasteiger partial charge is 0.172 e. The Kier molecular flexibility index (Phi) is 3.71. The van der Waals surface area contributed by atoms with Gasteiger partial charge in [0, 0.05) is 6.54 Å². The Labute approximate surface area is 104 Å². The van der Waals surface area contributed by atoms with Gasteiger partial charge in [-0.25, -0.2) is 0 Å². The topological polar surface area (TPSA) is 41.5 Å². The van der Waals surface area contributed by atoms with Gasteiger partial charge in [-0.1, -0.05) is 0 Å². The molecule has 0 amide bonds. The number of nitrogens with one attached hydrogen (secondary N) is 1. The number of ether oxygens (including phenoxy) is 1. The van der Waals surface area contributed by atoms with E-state index in [0.29, 0.717) is 10.2 Å². The number of hydrogen-bond donors (Lipinski definition) is 2. The van der Waals surface area contributed by atoms with Crippen LogP contribution in [0.4, 0.5) is 0 Å². The summed E-state index contributed by atoms with van der Waals surface area (Å²) >= 11 is 3.31. The van der Waals surface area contributed by atoms with E-state index >= 15 is 0 Å². The molecule has 88 valence electrons. The van der Waals surface area contributed by atoms with Crippen molar-refractivity contribution in [1.82, 2.24) is 5.32 Å². The number of rotatable bonds is 5. The van der Waals surface area contributed by atoms with Crippen molar-refractivity contribution in [3.63, 3.8) is 0 Å². The molecule has 1 aromatic carbocycles. The van der Waals surface area contributed by atoms with E-state index in [0.717, 1.165) is 24.6 Å². The predicted molar refractivity (Wildman–Crippen MR) is 66.8 cm³/mol. The van der Waals surface area contributed by atoms with E-state index in [1.807, 2.05) is 12.1 Å². The lowest BCUT2D eigenvalue weighted by Gasteiger charge is -2.09. The van der Waals surface area contributed by atoms with Gasteiger partial charge in [-0.2, -0.15) is 0 Å². The number of phenolic OH excluding ortho intramolecular Hbond substituents is 1. The van der Waals surface area contributed by atoms with Crippen LogP contribution in [0.25, 0.3) is 0 Å². The average Bonchev–Trinajstić information content (AvgIpc) is 3.07. The van der Waals surface area contributed by atoms with Crippen LogP contribution < -0.4 is 10.1 Å². The summed E-state index contributed by atoms with van der Waals surface area (Å²) in [6.45, 7) is 1.90. The Morgan fingerprint density at radius 2 is 2.25 bits per heavy atom. The second-order valence-corrected chi connectivity index (χ2v) is 5.06. The molecule has 0 saturated heterocycles. The maximum atomic E-state index is 9.65. The van der Waals surface area contributed by atoms with Gasteiger partial charge in [0.1, 0.15) is 0 Å². The summed E-state index contributed by atoms with van der Waals surface area (Å²) in [4.78, 5) is 0. The van der Waals surface area contributed by atoms with Gasteiger partial charge in [0.25, 0.3) is 0 Å². The van der Waals surface area contributed by atoms with Crippen LogP contribution in [0.2, 0.25) is 0 Å². The van der Waals surface area contributed by atoms with Crippen LogP contribution in [0.5, 0.6) is 11.5 Å². The third-order valence-electron chi connectivity index (χ3n) is 2.77. The van der Waals surface area contributed by atoms with Crippen molar-refractivity contribution < 1.29 is 9.84 Å². The van der Waals surface area contributed by atoms with Crippen LogP contribution in [0.15, 0.2) is 16.6 Å². The number of phenols is 1. The first-order valence-corrected chi connectivity index (χ1v) is 6.26. The van der Waals surface area contributed by atoms with Crippen molar-refractivity contribution in [3.05, 3.63) is 22.2 Å². The third-order valence-corrected chi connectivity index (χ3v) is 3.37. The lowest BCUT2D eigenvalue weighted by Crippen LogP contribution is -2.16. The lowest BCUT2D eigenvalue weighted by molar-refractivity contribution is 0.371. The molecule has 0 atom stereocenters. The maximum Gasteiger partial charge on any atom is 0.172 e. The van der Waals surface area contributed by atoms with E-state index in [4.69, 9.17) is 4.74 Å². The standard InChI is InChI=1S/C12H16BrNO2/c1-16-11-5-9(4-10(13)12(11)15)7-14-6-8-2-3-8/h4-5,8,14-15H,2-3,6-7H2,1H3. The molecule has 0 spiro atoms. The zero-order chi connectivity index (χ0) is 11.5. The fraction of sp³-hybridized carbons (Fsp3) is 0.500. The Hall–Kier alpha value is -0.740. The van der Waals surface area contributed by atoms with Gasteiger partial charge < -0.3 is 15.2 Å². The van der Waals surface area contributed by atoms with Crippen molar-refractivity contribution in [2.75, 3.05) is 13.7 Å². The monoisotopic (exact) mass is 285 g/mol. The van der Waals surface area contributed by atoms with Crippen molar-refractivity contribution >= 4 is 15.9 Å². The van der Waals surface area contributed by atoms with E-state index in [1.54, 1.807) is 7.11 Å². The first kappa shape index (κ1) is 11.7. The van der Waals surface area contributed by atoms with Crippen LogP contribution in [-0.2, 0) is 6.54 Å². The molecule has 1 saturated carbocycles. The molecule has 0 aromatic heterocycles. The summed E-state index contributed by atoms with van der Waals surface area (Å²) in [7, 11) is 1.56. The van der Waals surface area contributed by atoms with Crippen molar-refractivity contribution in [2.24, 2.45) is 5.92 Å². The van der Waals surface area contributed by atoms with Crippen LogP contribution in [0.3, 0.4) is 0 Å². The van der Waals surface area contributed by atoms with Gasteiger partial charge in [-0.05, 0) is 58.9 Å². The van der Waals surface area contributed by atoms with E-state index in [9.17, 15) is 5.11 Å². The van der Waals surface area contributed by atoms with Crippen molar-refractivity contribution in [1.29, 1.82) is 0 Å². The molecule has 3 nitrogen and oxygen atoms in total. The minimum absolute atomic E-state index is 0.161. The van der Waals surface area contributed by atoms with E-state index in [2.05, 4.69) is 21.2 Å². The molecule has 1 aliphatic carbocycles. The Morgan fingerprint density at radius 3 is 2.88 bits per heavy atom. The molecule has 1 aromatic rings. The number of aromatic hydroxyl groups is 1. The SMILES string of the molecule is COc1cc(CNCC2CC2)cc(Br)c1O.